The third-order valence-corrected chi connectivity index (χ3v) is 0.470. The molecule has 32 valence electrons. The number of rotatable bonds is 0. The molecule has 1 aromatic rings. The number of aromatic nitrogens is 2. The summed E-state index contributed by atoms with van der Waals surface area (Å²) in [5.41, 5.74) is 5.14. The number of hydrogen-bond acceptors (Lipinski definition) is 2. The van der Waals surface area contributed by atoms with E-state index in [1.54, 1.807) is 0 Å². The predicted octanol–water partition coefficient (Wildman–Crippen LogP) is -0.00810. The summed E-state index contributed by atoms with van der Waals surface area (Å²) in [5, 5.41) is 5.84. The first kappa shape index (κ1) is 2.23. The van der Waals surface area contributed by atoms with Crippen LogP contribution < -0.4 is 5.73 Å². The van der Waals surface area contributed by atoms with Crippen LogP contribution in [0.5, 0.6) is 0 Å². The Morgan fingerprint density at radius 2 is 3.00 bits per heavy atom. The summed E-state index contributed by atoms with van der Waals surface area (Å²) in [6, 6.07) is 1.44. The lowest BCUT2D eigenvalue weighted by atomic mass is 10.7. The zero-order chi connectivity index (χ0) is 5.28. The molecule has 0 amide bonds. The van der Waals surface area contributed by atoms with Crippen molar-refractivity contribution in [3.05, 3.63) is 12.2 Å². The number of aromatic amines is 1. The molecule has 0 aliphatic rings. The predicted molar refractivity (Wildman–Crippen MR) is 23.0 cm³/mol. The van der Waals surface area contributed by atoms with Crippen molar-refractivity contribution in [2.45, 2.75) is 0 Å². The molecule has 6 heavy (non-hydrogen) atoms. The number of nitrogens with two attached hydrogens (primary N) is 1. The smallest absolute Gasteiger partial charge is 0.118 e. The van der Waals surface area contributed by atoms with Crippen LogP contribution in [-0.4, -0.2) is 10.2 Å². The Kier molecular flexibility index (Phi) is 0.374. The Hall–Kier alpha value is -0.990. The fourth-order valence-electron chi connectivity index (χ4n) is 0.231. The molecule has 3 N–H and O–H groups in total. The van der Waals surface area contributed by atoms with E-state index in [1.807, 2.05) is 0 Å². The van der Waals surface area contributed by atoms with Crippen molar-refractivity contribution in [3.8, 4) is 0 Å². The fraction of sp³-hybridized carbons (Fsp3) is 0. The summed E-state index contributed by atoms with van der Waals surface area (Å²) in [6.45, 7) is 0. The largest absolute Gasteiger partial charge is 0.384 e. The van der Waals surface area contributed by atoms with E-state index in [9.17, 15) is 0 Å². The lowest BCUT2D eigenvalue weighted by molar-refractivity contribution is 1.10. The molecular weight excluding hydrogens is 78.1 g/mol. The van der Waals surface area contributed by atoms with Gasteiger partial charge in [-0.05, 0) is 6.07 Å². The van der Waals surface area contributed by atoms with Crippen molar-refractivity contribution in [2.75, 3.05) is 5.73 Å². The van der Waals surface area contributed by atoms with E-state index in [0.29, 0.717) is 5.82 Å². The van der Waals surface area contributed by atoms with Crippen molar-refractivity contribution >= 4 is 5.82 Å². The average Bonchev–Trinajstić information content (AvgIpc) is 1.87. The van der Waals surface area contributed by atoms with Crippen LogP contribution in [0.25, 0.3) is 0 Å². The molecule has 0 aromatic carbocycles. The highest BCUT2D eigenvalue weighted by Gasteiger charge is 1.74. The van der Waals surface area contributed by atoms with Gasteiger partial charge in [-0.1, -0.05) is 0 Å². The van der Waals surface area contributed by atoms with Crippen LogP contribution in [0.2, 0.25) is 0 Å². The SMILES string of the molecule is [3H]c1cc(N)[nH]n1. The number of H-pyrrole nitrogens is 1. The van der Waals surface area contributed by atoms with Gasteiger partial charge in [0.1, 0.15) is 5.82 Å². The fourth-order valence-corrected chi connectivity index (χ4v) is 0.231. The van der Waals surface area contributed by atoms with Crippen molar-refractivity contribution < 1.29 is 1.37 Å². The minimum atomic E-state index is 0.178. The number of nitrogens with zero attached hydrogens (tertiary/aromatic N) is 1. The molecule has 0 aliphatic heterocycles. The summed E-state index contributed by atoms with van der Waals surface area (Å²) in [4.78, 5) is 0. The molecule has 0 bridgehead atoms. The summed E-state index contributed by atoms with van der Waals surface area (Å²) in [6.07, 6.45) is 0.178. The molecule has 0 fully saturated rings. The van der Waals surface area contributed by atoms with Gasteiger partial charge in [0.15, 0.2) is 0 Å². The number of hydrogen-bond donors (Lipinski definition) is 2. The van der Waals surface area contributed by atoms with Crippen molar-refractivity contribution in [2.24, 2.45) is 0 Å². The second-order valence-corrected chi connectivity index (χ2v) is 0.952. The Labute approximate surface area is 36.6 Å². The lowest BCUT2D eigenvalue weighted by Crippen LogP contribution is -1.81. The molecule has 0 radical (unpaired) electrons. The zero-order valence-electron chi connectivity index (χ0n) is 4.10. The highest BCUT2D eigenvalue weighted by atomic mass is 15.1. The summed E-state index contributed by atoms with van der Waals surface area (Å²) in [5.74, 6) is 0.435. The summed E-state index contributed by atoms with van der Waals surface area (Å²) in [7, 11) is 0. The van der Waals surface area contributed by atoms with Crippen LogP contribution in [0.15, 0.2) is 12.2 Å². The Balaban J connectivity index is 3.04. The second kappa shape index (κ2) is 1.01. The zero-order valence-corrected chi connectivity index (χ0v) is 3.10. The highest BCUT2D eigenvalue weighted by molar-refractivity contribution is 5.22. The van der Waals surface area contributed by atoms with Crippen LogP contribution in [0, 0.1) is 0 Å². The third-order valence-electron chi connectivity index (χ3n) is 0.470. The van der Waals surface area contributed by atoms with Gasteiger partial charge in [0, 0.05) is 0 Å². The van der Waals surface area contributed by atoms with Crippen molar-refractivity contribution in [3.63, 3.8) is 0 Å². The van der Waals surface area contributed by atoms with Gasteiger partial charge in [0.2, 0.25) is 0 Å². The van der Waals surface area contributed by atoms with E-state index < -0.39 is 0 Å². The molecule has 3 heteroatoms. The van der Waals surface area contributed by atoms with E-state index in [4.69, 9.17) is 7.10 Å². The van der Waals surface area contributed by atoms with E-state index in [-0.39, 0.29) is 6.17 Å². The quantitative estimate of drug-likeness (QED) is 0.465. The molecule has 0 saturated carbocycles. The van der Waals surface area contributed by atoms with E-state index in [0.717, 1.165) is 0 Å². The average molecular weight is 85.1 g/mol. The molecule has 1 heterocycles. The Morgan fingerprint density at radius 1 is 2.17 bits per heavy atom. The first-order chi connectivity index (χ1) is 3.29. The second-order valence-electron chi connectivity index (χ2n) is 0.952. The van der Waals surface area contributed by atoms with E-state index in [1.165, 1.54) is 6.07 Å². The van der Waals surface area contributed by atoms with Gasteiger partial charge in [-0.2, -0.15) is 5.10 Å². The third kappa shape index (κ3) is 0.337. The van der Waals surface area contributed by atoms with Crippen LogP contribution in [0.1, 0.15) is 1.37 Å². The maximum absolute atomic E-state index is 6.79. The topological polar surface area (TPSA) is 54.7 Å². The Morgan fingerprint density at radius 3 is 3.17 bits per heavy atom. The van der Waals surface area contributed by atoms with Crippen LogP contribution >= 0.6 is 0 Å². The van der Waals surface area contributed by atoms with Gasteiger partial charge in [-0.3, -0.25) is 5.10 Å². The monoisotopic (exact) mass is 85.1 g/mol. The van der Waals surface area contributed by atoms with Gasteiger partial charge in [-0.15, -0.1) is 0 Å². The van der Waals surface area contributed by atoms with Gasteiger partial charge in [-0.25, -0.2) is 0 Å². The first-order valence-electron chi connectivity index (χ1n) is 2.06. The lowest BCUT2D eigenvalue weighted by Gasteiger charge is -1.70. The van der Waals surface area contributed by atoms with E-state index in [2.05, 4.69) is 10.2 Å². The molecule has 0 aliphatic carbocycles. The number of nitrogens with one attached hydrogen (secondary N) is 1. The van der Waals surface area contributed by atoms with E-state index >= 15 is 0 Å². The highest BCUT2D eigenvalue weighted by Crippen LogP contribution is 1.86. The van der Waals surface area contributed by atoms with Crippen molar-refractivity contribution in [1.82, 2.24) is 10.2 Å². The van der Waals surface area contributed by atoms with Gasteiger partial charge in [0.05, 0.1) is 7.54 Å². The maximum atomic E-state index is 6.79. The first-order valence-corrected chi connectivity index (χ1v) is 1.56. The van der Waals surface area contributed by atoms with Crippen LogP contribution in [-0.2, 0) is 0 Å². The minimum absolute atomic E-state index is 0.178. The summed E-state index contributed by atoms with van der Waals surface area (Å²) >= 11 is 0. The number of nitrogen functional groups attached to an aromatic ring is 1. The molecule has 1 aromatic heterocycles. The molecular formula is C3H5N3. The Bertz CT molecular complexity index is 142. The van der Waals surface area contributed by atoms with Gasteiger partial charge >= 0.3 is 0 Å². The molecule has 3 nitrogen and oxygen atoms in total. The molecule has 1 rings (SSSR count). The molecule has 0 atom stereocenters. The maximum Gasteiger partial charge on any atom is 0.118 e. The molecule has 0 unspecified atom stereocenters. The van der Waals surface area contributed by atoms with Gasteiger partial charge in [0.25, 0.3) is 0 Å². The molecule has 0 saturated heterocycles. The number of anilines is 1. The standard InChI is InChI=1S/C3H5N3/c4-3-1-2-5-6-3/h1-2H,(H3,4,5,6)/i2T. The van der Waals surface area contributed by atoms with Crippen LogP contribution in [0.3, 0.4) is 0 Å². The normalized spacial score (nSPS) is 11.0. The summed E-state index contributed by atoms with van der Waals surface area (Å²) < 4.78 is 6.79. The van der Waals surface area contributed by atoms with Crippen molar-refractivity contribution in [1.29, 1.82) is 0 Å². The van der Waals surface area contributed by atoms with Gasteiger partial charge < -0.3 is 5.73 Å². The minimum Gasteiger partial charge on any atom is -0.384 e. The molecule has 0 spiro atoms. The van der Waals surface area contributed by atoms with Crippen LogP contribution in [0.4, 0.5) is 5.82 Å².